The Balaban J connectivity index is 2.20. The molecule has 1 aromatic carbocycles. The van der Waals surface area contributed by atoms with E-state index >= 15 is 0 Å². The Labute approximate surface area is 113 Å². The summed E-state index contributed by atoms with van der Waals surface area (Å²) in [4.78, 5) is 6.46. The van der Waals surface area contributed by atoms with E-state index in [-0.39, 0.29) is 0 Å². The largest absolute Gasteiger partial charge is 0.464 e. The van der Waals surface area contributed by atoms with Crippen LogP contribution in [0.5, 0.6) is 0 Å². The Bertz CT molecular complexity index is 544. The number of benzene rings is 1. The number of hydrogen-bond acceptors (Lipinski definition) is 3. The Kier molecular flexibility index (Phi) is 4.36. The third-order valence-electron chi connectivity index (χ3n) is 2.81. The van der Waals surface area contributed by atoms with Gasteiger partial charge in [0, 0.05) is 12.1 Å². The van der Waals surface area contributed by atoms with Crippen molar-refractivity contribution >= 4 is 5.84 Å². The summed E-state index contributed by atoms with van der Waals surface area (Å²) in [5, 5.41) is 0. The minimum absolute atomic E-state index is 0.523. The molecule has 2 rings (SSSR count). The van der Waals surface area contributed by atoms with Crippen LogP contribution in [0.2, 0.25) is 0 Å². The highest BCUT2D eigenvalue weighted by Crippen LogP contribution is 2.24. The Morgan fingerprint density at radius 1 is 1.21 bits per heavy atom. The molecule has 1 heterocycles. The van der Waals surface area contributed by atoms with Crippen molar-refractivity contribution in [3.63, 3.8) is 0 Å². The van der Waals surface area contributed by atoms with E-state index in [1.54, 1.807) is 6.26 Å². The zero-order valence-corrected chi connectivity index (χ0v) is 11.3. The molecule has 0 aliphatic heterocycles. The molecule has 0 amide bonds. The molecule has 0 unspecified atom stereocenters. The number of aliphatic imine (C=N–C) groups is 1. The van der Waals surface area contributed by atoms with E-state index in [2.05, 4.69) is 9.89 Å². The van der Waals surface area contributed by atoms with Gasteiger partial charge < -0.3 is 15.1 Å². The number of nitrogens with zero attached hydrogens (tertiary/aromatic N) is 2. The number of nitrogens with two attached hydrogens (primary N) is 1. The summed E-state index contributed by atoms with van der Waals surface area (Å²) in [6, 6.07) is 11.8. The van der Waals surface area contributed by atoms with E-state index in [9.17, 15) is 0 Å². The second kappa shape index (κ2) is 6.20. The molecule has 0 aliphatic rings. The molecule has 0 fully saturated rings. The van der Waals surface area contributed by atoms with Gasteiger partial charge in [-0.2, -0.15) is 0 Å². The maximum absolute atomic E-state index is 6.04. The van der Waals surface area contributed by atoms with Crippen molar-refractivity contribution in [2.24, 2.45) is 10.7 Å². The highest BCUT2D eigenvalue weighted by Gasteiger charge is 2.11. The predicted octanol–water partition coefficient (Wildman–Crippen LogP) is 2.21. The van der Waals surface area contributed by atoms with Gasteiger partial charge in [0.05, 0.1) is 18.4 Å². The monoisotopic (exact) mass is 257 g/mol. The van der Waals surface area contributed by atoms with E-state index in [0.717, 1.165) is 23.4 Å². The van der Waals surface area contributed by atoms with Crippen molar-refractivity contribution in [3.8, 4) is 11.3 Å². The number of likely N-dealkylation sites (N-methyl/N-ethyl adjacent to an activating group) is 1. The fraction of sp³-hybridized carbons (Fsp3) is 0.267. The predicted molar refractivity (Wildman–Crippen MR) is 78.3 cm³/mol. The molecule has 0 aliphatic carbocycles. The maximum Gasteiger partial charge on any atom is 0.144 e. The summed E-state index contributed by atoms with van der Waals surface area (Å²) in [6.45, 7) is 1.55. The van der Waals surface area contributed by atoms with E-state index < -0.39 is 0 Å². The summed E-state index contributed by atoms with van der Waals surface area (Å²) < 4.78 is 5.53. The first-order valence-electron chi connectivity index (χ1n) is 6.26. The summed E-state index contributed by atoms with van der Waals surface area (Å²) >= 11 is 0. The first-order chi connectivity index (χ1) is 9.18. The lowest BCUT2D eigenvalue weighted by atomic mass is 10.1. The summed E-state index contributed by atoms with van der Waals surface area (Å²) in [7, 11) is 4.03. The van der Waals surface area contributed by atoms with Gasteiger partial charge in [-0.3, -0.25) is 4.99 Å². The minimum Gasteiger partial charge on any atom is -0.464 e. The summed E-state index contributed by atoms with van der Waals surface area (Å²) in [5.41, 5.74) is 7.89. The molecular weight excluding hydrogens is 238 g/mol. The van der Waals surface area contributed by atoms with Crippen molar-refractivity contribution in [1.29, 1.82) is 0 Å². The van der Waals surface area contributed by atoms with Gasteiger partial charge in [0.15, 0.2) is 0 Å². The summed E-state index contributed by atoms with van der Waals surface area (Å²) in [5.74, 6) is 1.29. The fourth-order valence-electron chi connectivity index (χ4n) is 1.78. The van der Waals surface area contributed by atoms with Crippen LogP contribution in [0.4, 0.5) is 0 Å². The normalized spacial score (nSPS) is 12.1. The zero-order chi connectivity index (χ0) is 13.7. The lowest BCUT2D eigenvalue weighted by Crippen LogP contribution is -2.19. The van der Waals surface area contributed by atoms with E-state index in [4.69, 9.17) is 10.2 Å². The fourth-order valence-corrected chi connectivity index (χ4v) is 1.78. The third kappa shape index (κ3) is 3.45. The second-order valence-corrected chi connectivity index (χ2v) is 4.60. The van der Waals surface area contributed by atoms with Crippen molar-refractivity contribution in [1.82, 2.24) is 4.90 Å². The van der Waals surface area contributed by atoms with Gasteiger partial charge in [0.2, 0.25) is 0 Å². The molecule has 19 heavy (non-hydrogen) atoms. The van der Waals surface area contributed by atoms with Crippen LogP contribution in [0.15, 0.2) is 52.1 Å². The minimum atomic E-state index is 0.523. The van der Waals surface area contributed by atoms with Gasteiger partial charge in [-0.1, -0.05) is 30.3 Å². The van der Waals surface area contributed by atoms with Crippen molar-refractivity contribution in [3.05, 3.63) is 48.2 Å². The van der Waals surface area contributed by atoms with Gasteiger partial charge in [0.25, 0.3) is 0 Å². The average Bonchev–Trinajstić information content (AvgIpc) is 2.88. The van der Waals surface area contributed by atoms with Gasteiger partial charge in [0.1, 0.15) is 11.6 Å². The Hall–Kier alpha value is -2.07. The molecule has 2 aromatic rings. The molecule has 0 radical (unpaired) electrons. The number of rotatable bonds is 5. The smallest absolute Gasteiger partial charge is 0.144 e. The molecule has 2 N–H and O–H groups in total. The van der Waals surface area contributed by atoms with E-state index in [1.807, 2.05) is 50.5 Å². The second-order valence-electron chi connectivity index (χ2n) is 4.60. The lowest BCUT2D eigenvalue weighted by Gasteiger charge is -2.07. The van der Waals surface area contributed by atoms with Gasteiger partial charge in [-0.25, -0.2) is 0 Å². The van der Waals surface area contributed by atoms with Gasteiger partial charge in [-0.15, -0.1) is 0 Å². The zero-order valence-electron chi connectivity index (χ0n) is 11.3. The van der Waals surface area contributed by atoms with Crippen LogP contribution in [-0.4, -0.2) is 37.9 Å². The van der Waals surface area contributed by atoms with Crippen LogP contribution < -0.4 is 5.73 Å². The molecule has 0 saturated heterocycles. The average molecular weight is 257 g/mol. The van der Waals surface area contributed by atoms with Crippen LogP contribution >= 0.6 is 0 Å². The molecule has 0 bridgehead atoms. The topological polar surface area (TPSA) is 54.8 Å². The first-order valence-corrected chi connectivity index (χ1v) is 6.26. The molecule has 0 saturated carbocycles. The van der Waals surface area contributed by atoms with Crippen molar-refractivity contribution in [2.45, 2.75) is 0 Å². The van der Waals surface area contributed by atoms with Crippen LogP contribution in [-0.2, 0) is 0 Å². The lowest BCUT2D eigenvalue weighted by molar-refractivity contribution is 0.420. The van der Waals surface area contributed by atoms with Crippen LogP contribution in [0.1, 0.15) is 5.56 Å². The first kappa shape index (κ1) is 13.4. The Morgan fingerprint density at radius 3 is 2.63 bits per heavy atom. The highest BCUT2D eigenvalue weighted by atomic mass is 16.3. The SMILES string of the molecule is CN(C)CCN=C(N)c1ccoc1-c1ccccc1. The molecule has 1 aromatic heterocycles. The van der Waals surface area contributed by atoms with Gasteiger partial charge >= 0.3 is 0 Å². The van der Waals surface area contributed by atoms with E-state index in [0.29, 0.717) is 12.4 Å². The maximum atomic E-state index is 6.04. The third-order valence-corrected chi connectivity index (χ3v) is 2.81. The molecule has 0 spiro atoms. The molecule has 0 atom stereocenters. The van der Waals surface area contributed by atoms with Crippen LogP contribution in [0.25, 0.3) is 11.3 Å². The molecule has 4 heteroatoms. The molecule has 4 nitrogen and oxygen atoms in total. The molecule has 100 valence electrons. The van der Waals surface area contributed by atoms with Crippen molar-refractivity contribution < 1.29 is 4.42 Å². The highest BCUT2D eigenvalue weighted by molar-refractivity contribution is 6.02. The summed E-state index contributed by atoms with van der Waals surface area (Å²) in [6.07, 6.45) is 1.64. The number of furan rings is 1. The quantitative estimate of drug-likeness (QED) is 0.660. The van der Waals surface area contributed by atoms with Crippen LogP contribution in [0, 0.1) is 0 Å². The standard InChI is InChI=1S/C15H19N3O/c1-18(2)10-9-17-15(16)13-8-11-19-14(13)12-6-4-3-5-7-12/h3-8,11H,9-10H2,1-2H3,(H2,16,17). The van der Waals surface area contributed by atoms with E-state index in [1.165, 1.54) is 0 Å². The Morgan fingerprint density at radius 2 is 1.95 bits per heavy atom. The molecular formula is C15H19N3O. The van der Waals surface area contributed by atoms with Gasteiger partial charge in [-0.05, 0) is 20.2 Å². The number of hydrogen-bond donors (Lipinski definition) is 1. The van der Waals surface area contributed by atoms with Crippen molar-refractivity contribution in [2.75, 3.05) is 27.2 Å². The number of amidine groups is 1. The van der Waals surface area contributed by atoms with Crippen LogP contribution in [0.3, 0.4) is 0 Å².